The number of carbonyl (C=O) groups is 2. The molecule has 15 heavy (non-hydrogen) atoms. The zero-order valence-electron chi connectivity index (χ0n) is 8.86. The maximum absolute atomic E-state index is 11.9. The van der Waals surface area contributed by atoms with Crippen LogP contribution in [-0.2, 0) is 14.3 Å². The standard InChI is InChI=1S/C10H16N2O3/c1-2-15-10(14)7-6-11-12-5-3-4-8(12)9(7)13/h7-8,11H,2-6H2,1H3. The number of ether oxygens (including phenoxy) is 1. The molecule has 2 rings (SSSR count). The summed E-state index contributed by atoms with van der Waals surface area (Å²) in [6.45, 7) is 3.36. The van der Waals surface area contributed by atoms with E-state index in [4.69, 9.17) is 4.74 Å². The highest BCUT2D eigenvalue weighted by Crippen LogP contribution is 2.23. The molecule has 2 heterocycles. The molecule has 0 aliphatic carbocycles. The fourth-order valence-corrected chi connectivity index (χ4v) is 2.24. The molecule has 2 atom stereocenters. The number of nitrogens with zero attached hydrogens (tertiary/aromatic N) is 1. The number of Topliss-reactive ketones (excluding diaryl/α,β-unsaturated/α-hetero) is 1. The third kappa shape index (κ3) is 1.89. The lowest BCUT2D eigenvalue weighted by Gasteiger charge is -2.32. The minimum Gasteiger partial charge on any atom is -0.465 e. The van der Waals surface area contributed by atoms with Crippen molar-refractivity contribution in [3.63, 3.8) is 0 Å². The molecule has 0 spiro atoms. The second kappa shape index (κ2) is 4.28. The zero-order valence-corrected chi connectivity index (χ0v) is 8.86. The number of fused-ring (bicyclic) bond motifs is 1. The van der Waals surface area contributed by atoms with Gasteiger partial charge in [-0.1, -0.05) is 0 Å². The molecule has 2 aliphatic heterocycles. The van der Waals surface area contributed by atoms with Gasteiger partial charge in [0.2, 0.25) is 0 Å². The molecule has 0 aromatic carbocycles. The van der Waals surface area contributed by atoms with E-state index < -0.39 is 5.92 Å². The van der Waals surface area contributed by atoms with Crippen LogP contribution >= 0.6 is 0 Å². The topological polar surface area (TPSA) is 58.6 Å². The minimum absolute atomic E-state index is 0.0182. The van der Waals surface area contributed by atoms with E-state index in [1.54, 1.807) is 6.92 Å². The number of nitrogens with one attached hydrogen (secondary N) is 1. The monoisotopic (exact) mass is 212 g/mol. The first-order valence-corrected chi connectivity index (χ1v) is 5.44. The summed E-state index contributed by atoms with van der Waals surface area (Å²) in [7, 11) is 0. The number of ketones is 1. The van der Waals surface area contributed by atoms with Crippen LogP contribution in [0, 0.1) is 5.92 Å². The Morgan fingerprint density at radius 3 is 3.20 bits per heavy atom. The van der Waals surface area contributed by atoms with E-state index >= 15 is 0 Å². The van der Waals surface area contributed by atoms with Crippen LogP contribution in [0.3, 0.4) is 0 Å². The van der Waals surface area contributed by atoms with Gasteiger partial charge in [-0.25, -0.2) is 5.01 Å². The number of carbonyl (C=O) groups excluding carboxylic acids is 2. The van der Waals surface area contributed by atoms with Crippen molar-refractivity contribution in [2.24, 2.45) is 5.92 Å². The van der Waals surface area contributed by atoms with Crippen molar-refractivity contribution in [3.05, 3.63) is 0 Å². The summed E-state index contributed by atoms with van der Waals surface area (Å²) >= 11 is 0. The summed E-state index contributed by atoms with van der Waals surface area (Å²) in [4.78, 5) is 23.4. The van der Waals surface area contributed by atoms with Crippen molar-refractivity contribution < 1.29 is 14.3 Å². The van der Waals surface area contributed by atoms with Crippen molar-refractivity contribution in [3.8, 4) is 0 Å². The average molecular weight is 212 g/mol. The molecule has 0 bridgehead atoms. The molecule has 2 saturated heterocycles. The molecule has 0 radical (unpaired) electrons. The van der Waals surface area contributed by atoms with Gasteiger partial charge in [0.25, 0.3) is 0 Å². The van der Waals surface area contributed by atoms with E-state index in [1.807, 2.05) is 5.01 Å². The van der Waals surface area contributed by atoms with Crippen LogP contribution in [0.2, 0.25) is 0 Å². The molecule has 5 heteroatoms. The third-order valence-electron chi connectivity index (χ3n) is 2.99. The lowest BCUT2D eigenvalue weighted by Crippen LogP contribution is -2.57. The largest absolute Gasteiger partial charge is 0.465 e. The molecule has 0 saturated carbocycles. The van der Waals surface area contributed by atoms with Crippen LogP contribution in [0.5, 0.6) is 0 Å². The van der Waals surface area contributed by atoms with Crippen LogP contribution in [-0.4, -0.2) is 42.5 Å². The molecule has 2 aliphatic rings. The van der Waals surface area contributed by atoms with Crippen molar-refractivity contribution in [2.45, 2.75) is 25.8 Å². The fraction of sp³-hybridized carbons (Fsp3) is 0.800. The van der Waals surface area contributed by atoms with Crippen molar-refractivity contribution in [1.82, 2.24) is 10.4 Å². The second-order valence-corrected chi connectivity index (χ2v) is 3.92. The molecule has 84 valence electrons. The number of esters is 1. The van der Waals surface area contributed by atoms with E-state index in [1.165, 1.54) is 0 Å². The molecular formula is C10H16N2O3. The quantitative estimate of drug-likeness (QED) is 0.504. The first-order valence-electron chi connectivity index (χ1n) is 5.44. The van der Waals surface area contributed by atoms with Crippen LogP contribution in [0.15, 0.2) is 0 Å². The zero-order chi connectivity index (χ0) is 10.8. The predicted octanol–water partition coefficient (Wildman–Crippen LogP) is -0.283. The Labute approximate surface area is 88.7 Å². The first kappa shape index (κ1) is 10.6. The van der Waals surface area contributed by atoms with Gasteiger partial charge >= 0.3 is 5.97 Å². The van der Waals surface area contributed by atoms with Gasteiger partial charge < -0.3 is 4.74 Å². The Balaban J connectivity index is 2.03. The summed E-state index contributed by atoms with van der Waals surface area (Å²) in [5, 5.41) is 1.94. The van der Waals surface area contributed by atoms with Gasteiger partial charge in [0.15, 0.2) is 5.78 Å². The van der Waals surface area contributed by atoms with Crippen molar-refractivity contribution in [2.75, 3.05) is 19.7 Å². The first-order chi connectivity index (χ1) is 7.24. The van der Waals surface area contributed by atoms with Gasteiger partial charge in [-0.15, -0.1) is 0 Å². The van der Waals surface area contributed by atoms with Gasteiger partial charge in [-0.3, -0.25) is 15.0 Å². The number of hydrogen-bond acceptors (Lipinski definition) is 5. The maximum Gasteiger partial charge on any atom is 0.317 e. The number of rotatable bonds is 2. The SMILES string of the molecule is CCOC(=O)C1CNN2CCCC2C1=O. The van der Waals surface area contributed by atoms with Gasteiger partial charge in [0, 0.05) is 13.1 Å². The van der Waals surface area contributed by atoms with Gasteiger partial charge in [-0.05, 0) is 19.8 Å². The predicted molar refractivity (Wildman–Crippen MR) is 52.9 cm³/mol. The Kier molecular flexibility index (Phi) is 3.02. The molecule has 0 amide bonds. The fourth-order valence-electron chi connectivity index (χ4n) is 2.24. The van der Waals surface area contributed by atoms with E-state index in [2.05, 4.69) is 5.43 Å². The van der Waals surface area contributed by atoms with Crippen LogP contribution in [0.1, 0.15) is 19.8 Å². The summed E-state index contributed by atoms with van der Waals surface area (Å²) in [5.74, 6) is -0.976. The van der Waals surface area contributed by atoms with E-state index in [0.29, 0.717) is 13.2 Å². The van der Waals surface area contributed by atoms with E-state index in [0.717, 1.165) is 19.4 Å². The molecule has 5 nitrogen and oxygen atoms in total. The smallest absolute Gasteiger partial charge is 0.317 e. The highest BCUT2D eigenvalue weighted by Gasteiger charge is 2.42. The Bertz CT molecular complexity index is 280. The normalized spacial score (nSPS) is 31.4. The third-order valence-corrected chi connectivity index (χ3v) is 2.99. The number of hydrazine groups is 1. The van der Waals surface area contributed by atoms with E-state index in [9.17, 15) is 9.59 Å². The highest BCUT2D eigenvalue weighted by atomic mass is 16.5. The maximum atomic E-state index is 11.9. The lowest BCUT2D eigenvalue weighted by atomic mass is 9.95. The summed E-state index contributed by atoms with van der Waals surface area (Å²) < 4.78 is 4.88. The molecule has 2 fully saturated rings. The Morgan fingerprint density at radius 1 is 1.67 bits per heavy atom. The van der Waals surface area contributed by atoms with Crippen LogP contribution < -0.4 is 5.43 Å². The van der Waals surface area contributed by atoms with Gasteiger partial charge in [-0.2, -0.15) is 0 Å². The second-order valence-electron chi connectivity index (χ2n) is 3.92. The van der Waals surface area contributed by atoms with Crippen LogP contribution in [0.4, 0.5) is 0 Å². The Morgan fingerprint density at radius 2 is 2.47 bits per heavy atom. The van der Waals surface area contributed by atoms with Gasteiger partial charge in [0.1, 0.15) is 5.92 Å². The van der Waals surface area contributed by atoms with E-state index in [-0.39, 0.29) is 17.8 Å². The van der Waals surface area contributed by atoms with Crippen molar-refractivity contribution in [1.29, 1.82) is 0 Å². The molecule has 0 aromatic rings. The van der Waals surface area contributed by atoms with Crippen molar-refractivity contribution >= 4 is 11.8 Å². The number of hydrogen-bond donors (Lipinski definition) is 1. The Hall–Kier alpha value is -0.940. The average Bonchev–Trinajstić information content (AvgIpc) is 2.67. The molecular weight excluding hydrogens is 196 g/mol. The summed E-state index contributed by atoms with van der Waals surface area (Å²) in [5.41, 5.74) is 3.11. The molecule has 0 aromatic heterocycles. The lowest BCUT2D eigenvalue weighted by molar-refractivity contribution is -0.155. The summed E-state index contributed by atoms with van der Waals surface area (Å²) in [6, 6.07) is -0.117. The van der Waals surface area contributed by atoms with Crippen LogP contribution in [0.25, 0.3) is 0 Å². The highest BCUT2D eigenvalue weighted by molar-refractivity contribution is 6.02. The minimum atomic E-state index is -0.607. The molecule has 2 unspecified atom stereocenters. The summed E-state index contributed by atoms with van der Waals surface area (Å²) in [6.07, 6.45) is 1.86. The van der Waals surface area contributed by atoms with Gasteiger partial charge in [0.05, 0.1) is 12.6 Å². The molecule has 1 N–H and O–H groups in total.